The van der Waals surface area contributed by atoms with Gasteiger partial charge in [-0.2, -0.15) is 0 Å². The van der Waals surface area contributed by atoms with Gasteiger partial charge in [0, 0.05) is 34.9 Å². The fraction of sp³-hybridized carbons (Fsp3) is 0.667. The number of aromatic nitrogens is 1. The second-order valence-corrected chi connectivity index (χ2v) is 6.49. The van der Waals surface area contributed by atoms with Gasteiger partial charge < -0.3 is 5.32 Å². The van der Waals surface area contributed by atoms with Gasteiger partial charge in [0.1, 0.15) is 5.15 Å². The monoisotopic (exact) mass is 315 g/mol. The van der Waals surface area contributed by atoms with Crippen LogP contribution in [0.15, 0.2) is 6.07 Å². The van der Waals surface area contributed by atoms with Crippen LogP contribution in [0, 0.1) is 6.92 Å². The van der Waals surface area contributed by atoms with Crippen LogP contribution in [0.5, 0.6) is 0 Å². The van der Waals surface area contributed by atoms with Gasteiger partial charge in [0.15, 0.2) is 0 Å². The molecule has 1 fully saturated rings. The second kappa shape index (κ2) is 7.08. The summed E-state index contributed by atoms with van der Waals surface area (Å²) in [5.74, 6) is 0. The third-order valence-corrected chi connectivity index (χ3v) is 4.93. The highest BCUT2D eigenvalue weighted by molar-refractivity contribution is 6.35. The molecule has 1 aliphatic carbocycles. The summed E-state index contributed by atoms with van der Waals surface area (Å²) in [5.41, 5.74) is 1.80. The molecule has 112 valence electrons. The number of hydrogen-bond donors (Lipinski definition) is 1. The molecule has 0 bridgehead atoms. The molecule has 1 heterocycles. The summed E-state index contributed by atoms with van der Waals surface area (Å²) in [6, 6.07) is 3.16. The lowest BCUT2D eigenvalue weighted by Gasteiger charge is -2.34. The van der Waals surface area contributed by atoms with E-state index in [1.165, 1.54) is 25.7 Å². The van der Waals surface area contributed by atoms with Crippen LogP contribution in [0.3, 0.4) is 0 Å². The minimum Gasteiger partial charge on any atom is -0.317 e. The van der Waals surface area contributed by atoms with E-state index < -0.39 is 0 Å². The maximum atomic E-state index is 6.30. The minimum atomic E-state index is 0.533. The van der Waals surface area contributed by atoms with E-state index in [9.17, 15) is 0 Å². The Labute approximate surface area is 131 Å². The van der Waals surface area contributed by atoms with Crippen molar-refractivity contribution in [2.24, 2.45) is 0 Å². The largest absolute Gasteiger partial charge is 0.317 e. The van der Waals surface area contributed by atoms with E-state index >= 15 is 0 Å². The molecule has 0 aromatic carbocycles. The number of aryl methyl sites for hydroxylation is 1. The highest BCUT2D eigenvalue weighted by atomic mass is 35.5. The van der Waals surface area contributed by atoms with E-state index in [0.29, 0.717) is 17.2 Å². The number of halogens is 2. The Hall–Kier alpha value is -0.350. The predicted molar refractivity (Wildman–Crippen MR) is 85.6 cm³/mol. The molecule has 0 aliphatic heterocycles. The molecule has 0 unspecified atom stereocenters. The van der Waals surface area contributed by atoms with Crippen molar-refractivity contribution in [2.75, 3.05) is 14.1 Å². The highest BCUT2D eigenvalue weighted by Gasteiger charge is 2.24. The first-order valence-electron chi connectivity index (χ1n) is 7.20. The Bertz CT molecular complexity index is 433. The third-order valence-electron chi connectivity index (χ3n) is 4.28. The number of rotatable bonds is 4. The van der Waals surface area contributed by atoms with Crippen molar-refractivity contribution in [1.82, 2.24) is 15.2 Å². The summed E-state index contributed by atoms with van der Waals surface area (Å²) in [5, 5.41) is 4.62. The zero-order valence-corrected chi connectivity index (χ0v) is 13.9. The summed E-state index contributed by atoms with van der Waals surface area (Å²) < 4.78 is 0. The standard InChI is InChI=1S/C15H23Cl2N3/c1-10-8-14(16)13(15(17)19-10)9-20(3)12-6-4-11(18-2)5-7-12/h8,11-12,18H,4-7,9H2,1-3H3. The first-order chi connectivity index (χ1) is 9.51. The van der Waals surface area contributed by atoms with E-state index in [4.69, 9.17) is 23.2 Å². The maximum Gasteiger partial charge on any atom is 0.135 e. The maximum absolute atomic E-state index is 6.30. The Kier molecular flexibility index (Phi) is 5.67. The first kappa shape index (κ1) is 16.0. The molecule has 1 saturated carbocycles. The lowest BCUT2D eigenvalue weighted by molar-refractivity contribution is 0.170. The van der Waals surface area contributed by atoms with Crippen LogP contribution in [0.2, 0.25) is 10.2 Å². The SMILES string of the molecule is CNC1CCC(N(C)Cc2c(Cl)cc(C)nc2Cl)CC1. The lowest BCUT2D eigenvalue weighted by atomic mass is 9.90. The molecule has 0 spiro atoms. The molecular formula is C15H23Cl2N3. The summed E-state index contributed by atoms with van der Waals surface area (Å²) in [6.07, 6.45) is 4.91. The van der Waals surface area contributed by atoms with Gasteiger partial charge in [0.05, 0.1) is 0 Å². The van der Waals surface area contributed by atoms with Crippen LogP contribution >= 0.6 is 23.2 Å². The van der Waals surface area contributed by atoms with Gasteiger partial charge in [-0.25, -0.2) is 4.98 Å². The zero-order valence-electron chi connectivity index (χ0n) is 12.4. The van der Waals surface area contributed by atoms with Crippen molar-refractivity contribution in [3.05, 3.63) is 27.5 Å². The van der Waals surface area contributed by atoms with E-state index in [1.54, 1.807) is 0 Å². The van der Waals surface area contributed by atoms with Gasteiger partial charge in [0.2, 0.25) is 0 Å². The van der Waals surface area contributed by atoms with Gasteiger partial charge in [-0.05, 0) is 52.8 Å². The highest BCUT2D eigenvalue weighted by Crippen LogP contribution is 2.28. The topological polar surface area (TPSA) is 28.2 Å². The summed E-state index contributed by atoms with van der Waals surface area (Å²) in [7, 11) is 4.20. The Balaban J connectivity index is 2.00. The Morgan fingerprint density at radius 3 is 2.50 bits per heavy atom. The zero-order chi connectivity index (χ0) is 14.7. The van der Waals surface area contributed by atoms with Gasteiger partial charge in [-0.15, -0.1) is 0 Å². The van der Waals surface area contributed by atoms with Crippen molar-refractivity contribution < 1.29 is 0 Å². The molecule has 1 aliphatic rings. The molecule has 0 amide bonds. The van der Waals surface area contributed by atoms with Crippen molar-refractivity contribution in [1.29, 1.82) is 0 Å². The van der Waals surface area contributed by atoms with Crippen molar-refractivity contribution >= 4 is 23.2 Å². The quantitative estimate of drug-likeness (QED) is 0.859. The Morgan fingerprint density at radius 2 is 1.95 bits per heavy atom. The molecule has 1 aromatic rings. The number of nitrogens with one attached hydrogen (secondary N) is 1. The van der Waals surface area contributed by atoms with Crippen LogP contribution < -0.4 is 5.32 Å². The summed E-state index contributed by atoms with van der Waals surface area (Å²) in [6.45, 7) is 2.67. The molecule has 1 aromatic heterocycles. The average molecular weight is 316 g/mol. The van der Waals surface area contributed by atoms with Gasteiger partial charge in [-0.3, -0.25) is 4.90 Å². The molecule has 0 saturated heterocycles. The molecule has 3 nitrogen and oxygen atoms in total. The molecule has 20 heavy (non-hydrogen) atoms. The average Bonchev–Trinajstić information content (AvgIpc) is 2.42. The molecule has 1 N–H and O–H groups in total. The van der Waals surface area contributed by atoms with Crippen LogP contribution in [-0.4, -0.2) is 36.1 Å². The van der Waals surface area contributed by atoms with Crippen LogP contribution in [-0.2, 0) is 6.54 Å². The molecule has 2 rings (SSSR count). The third kappa shape index (κ3) is 3.85. The molecule has 0 atom stereocenters. The second-order valence-electron chi connectivity index (χ2n) is 5.72. The summed E-state index contributed by atoms with van der Waals surface area (Å²) >= 11 is 12.5. The van der Waals surface area contributed by atoms with E-state index in [0.717, 1.165) is 22.8 Å². The summed E-state index contributed by atoms with van der Waals surface area (Å²) in [4.78, 5) is 6.66. The fourth-order valence-corrected chi connectivity index (χ4v) is 3.60. The van der Waals surface area contributed by atoms with Crippen molar-refractivity contribution in [3.63, 3.8) is 0 Å². The molecule has 0 radical (unpaired) electrons. The van der Waals surface area contributed by atoms with Gasteiger partial charge in [0.25, 0.3) is 0 Å². The number of hydrogen-bond acceptors (Lipinski definition) is 3. The molecule has 5 heteroatoms. The van der Waals surface area contributed by atoms with Crippen molar-refractivity contribution in [2.45, 2.75) is 51.2 Å². The normalized spacial score (nSPS) is 23.3. The van der Waals surface area contributed by atoms with Gasteiger partial charge >= 0.3 is 0 Å². The van der Waals surface area contributed by atoms with Crippen molar-refractivity contribution in [3.8, 4) is 0 Å². The number of nitrogens with zero attached hydrogens (tertiary/aromatic N) is 2. The van der Waals surface area contributed by atoms with E-state index in [-0.39, 0.29) is 0 Å². The molecular weight excluding hydrogens is 293 g/mol. The Morgan fingerprint density at radius 1 is 1.30 bits per heavy atom. The van der Waals surface area contributed by atoms with Crippen LogP contribution in [0.1, 0.15) is 36.9 Å². The lowest BCUT2D eigenvalue weighted by Crippen LogP contribution is -2.39. The van der Waals surface area contributed by atoms with E-state index in [1.807, 2.05) is 20.0 Å². The fourth-order valence-electron chi connectivity index (χ4n) is 2.95. The van der Waals surface area contributed by atoms with Gasteiger partial charge in [-0.1, -0.05) is 23.2 Å². The minimum absolute atomic E-state index is 0.533. The van der Waals surface area contributed by atoms with Crippen LogP contribution in [0.4, 0.5) is 0 Å². The first-order valence-corrected chi connectivity index (χ1v) is 7.96. The van der Waals surface area contributed by atoms with E-state index in [2.05, 4.69) is 22.2 Å². The number of pyridine rings is 1. The predicted octanol–water partition coefficient (Wildman–Crippen LogP) is 3.66. The van der Waals surface area contributed by atoms with Crippen LogP contribution in [0.25, 0.3) is 0 Å². The smallest absolute Gasteiger partial charge is 0.135 e.